The number of imidazole rings is 1. The van der Waals surface area contributed by atoms with Crippen molar-refractivity contribution in [2.45, 2.75) is 6.92 Å². The second-order valence-corrected chi connectivity index (χ2v) is 8.37. The van der Waals surface area contributed by atoms with E-state index >= 15 is 0 Å². The first-order chi connectivity index (χ1) is 15.7. The minimum atomic E-state index is 0.0399. The number of benzene rings is 1. The van der Waals surface area contributed by atoms with Crippen LogP contribution >= 0.6 is 11.3 Å². The Bertz CT molecular complexity index is 1610. The number of carbonyl (C=O) groups is 1. The maximum Gasteiger partial charge on any atom is 0.169 e. The van der Waals surface area contributed by atoms with Crippen molar-refractivity contribution in [1.29, 1.82) is 0 Å². The summed E-state index contributed by atoms with van der Waals surface area (Å²) in [7, 11) is 0. The summed E-state index contributed by atoms with van der Waals surface area (Å²) in [6, 6.07) is 11.6. The average Bonchev–Trinajstić information content (AvgIpc) is 3.56. The number of ketones is 1. The topological polar surface area (TPSA) is 113 Å². The number of hydrogen-bond acceptors (Lipinski definition) is 7. The molecule has 0 aliphatic heterocycles. The molecule has 6 rings (SSSR count). The Balaban J connectivity index is 1.49. The molecule has 0 saturated carbocycles. The van der Waals surface area contributed by atoms with E-state index < -0.39 is 0 Å². The number of hydrogen-bond donors (Lipinski definition) is 2. The van der Waals surface area contributed by atoms with Crippen molar-refractivity contribution in [1.82, 2.24) is 35.1 Å². The van der Waals surface area contributed by atoms with Crippen LogP contribution in [-0.2, 0) is 0 Å². The maximum absolute atomic E-state index is 11.7. The molecule has 0 saturated heterocycles. The van der Waals surface area contributed by atoms with Crippen molar-refractivity contribution in [3.63, 3.8) is 0 Å². The van der Waals surface area contributed by atoms with Crippen LogP contribution in [-0.4, -0.2) is 40.9 Å². The van der Waals surface area contributed by atoms with Gasteiger partial charge in [-0.15, -0.1) is 11.3 Å². The van der Waals surface area contributed by atoms with E-state index in [-0.39, 0.29) is 5.78 Å². The van der Waals surface area contributed by atoms with Crippen LogP contribution in [0.15, 0.2) is 61.2 Å². The predicted molar refractivity (Wildman–Crippen MR) is 123 cm³/mol. The number of thiophene rings is 1. The van der Waals surface area contributed by atoms with Crippen LogP contribution in [0.2, 0.25) is 0 Å². The van der Waals surface area contributed by atoms with Gasteiger partial charge in [0.25, 0.3) is 0 Å². The van der Waals surface area contributed by atoms with E-state index in [1.54, 1.807) is 31.7 Å². The zero-order chi connectivity index (χ0) is 21.7. The second-order valence-electron chi connectivity index (χ2n) is 7.28. The molecule has 32 heavy (non-hydrogen) atoms. The fourth-order valence-corrected chi connectivity index (χ4v) is 4.58. The van der Waals surface area contributed by atoms with Crippen LogP contribution in [0.3, 0.4) is 0 Å². The zero-order valence-corrected chi connectivity index (χ0v) is 17.6. The Hall–Kier alpha value is -4.24. The van der Waals surface area contributed by atoms with E-state index in [0.29, 0.717) is 16.4 Å². The van der Waals surface area contributed by atoms with Crippen LogP contribution in [0.4, 0.5) is 0 Å². The molecule has 154 valence electrons. The van der Waals surface area contributed by atoms with Gasteiger partial charge in [0.05, 0.1) is 32.7 Å². The molecule has 0 amide bonds. The van der Waals surface area contributed by atoms with Gasteiger partial charge in [0, 0.05) is 29.5 Å². The van der Waals surface area contributed by atoms with E-state index in [0.717, 1.165) is 43.8 Å². The highest BCUT2D eigenvalue weighted by atomic mass is 32.1. The van der Waals surface area contributed by atoms with Gasteiger partial charge in [0.2, 0.25) is 0 Å². The molecule has 0 atom stereocenters. The molecule has 0 fully saturated rings. The van der Waals surface area contributed by atoms with Crippen molar-refractivity contribution >= 4 is 39.1 Å². The number of rotatable bonds is 4. The molecule has 6 aromatic rings. The highest BCUT2D eigenvalue weighted by molar-refractivity contribution is 7.17. The van der Waals surface area contributed by atoms with Crippen molar-refractivity contribution < 1.29 is 4.79 Å². The van der Waals surface area contributed by atoms with Crippen molar-refractivity contribution in [3.05, 3.63) is 66.1 Å². The SMILES string of the molecule is CC(=O)c1ccc(-c2nccc3[nH]c(-c4n[nH]c5ccc(-c6cnccn6)cc45)nc23)s1. The minimum Gasteiger partial charge on any atom is -0.336 e. The van der Waals surface area contributed by atoms with E-state index in [9.17, 15) is 4.79 Å². The first kappa shape index (κ1) is 18.5. The van der Waals surface area contributed by atoms with Crippen LogP contribution < -0.4 is 0 Å². The van der Waals surface area contributed by atoms with Crippen LogP contribution in [0.1, 0.15) is 16.6 Å². The molecular formula is C23H15N7OS. The third kappa shape index (κ3) is 2.98. The van der Waals surface area contributed by atoms with Gasteiger partial charge in [-0.25, -0.2) is 4.98 Å². The standard InChI is InChI=1S/C23H15N7OS/c1-12(31)18-4-5-19(32-18)22-21-16(6-7-26-22)27-23(28-21)20-14-10-13(2-3-15(14)29-30-20)17-11-24-8-9-25-17/h2-11H,1H3,(H,27,28)(H,29,30). The summed E-state index contributed by atoms with van der Waals surface area (Å²) in [4.78, 5) is 34.6. The Morgan fingerprint density at radius 3 is 2.72 bits per heavy atom. The fraction of sp³-hybridized carbons (Fsp3) is 0.0435. The van der Waals surface area contributed by atoms with Gasteiger partial charge in [-0.2, -0.15) is 5.10 Å². The monoisotopic (exact) mass is 437 g/mol. The number of aromatic amines is 2. The molecule has 0 bridgehead atoms. The maximum atomic E-state index is 11.7. The summed E-state index contributed by atoms with van der Waals surface area (Å²) >= 11 is 1.42. The van der Waals surface area contributed by atoms with E-state index in [1.165, 1.54) is 11.3 Å². The normalized spacial score (nSPS) is 11.4. The van der Waals surface area contributed by atoms with Gasteiger partial charge in [0.1, 0.15) is 16.9 Å². The summed E-state index contributed by atoms with van der Waals surface area (Å²) in [5.41, 5.74) is 5.67. The first-order valence-corrected chi connectivity index (χ1v) is 10.7. The number of carbonyl (C=O) groups excluding carboxylic acids is 1. The molecule has 0 aliphatic rings. The summed E-state index contributed by atoms with van der Waals surface area (Å²) < 4.78 is 0. The van der Waals surface area contributed by atoms with Gasteiger partial charge in [-0.3, -0.25) is 24.8 Å². The number of fused-ring (bicyclic) bond motifs is 2. The van der Waals surface area contributed by atoms with Gasteiger partial charge < -0.3 is 4.98 Å². The molecule has 2 N–H and O–H groups in total. The van der Waals surface area contributed by atoms with E-state index in [1.807, 2.05) is 36.4 Å². The summed E-state index contributed by atoms with van der Waals surface area (Å²) in [6.45, 7) is 1.56. The quantitative estimate of drug-likeness (QED) is 0.380. The molecule has 0 aliphatic carbocycles. The zero-order valence-electron chi connectivity index (χ0n) is 16.8. The molecule has 0 radical (unpaired) electrons. The lowest BCUT2D eigenvalue weighted by Gasteiger charge is -2.00. The molecule has 9 heteroatoms. The van der Waals surface area contributed by atoms with Crippen LogP contribution in [0.5, 0.6) is 0 Å². The molecule has 1 aromatic carbocycles. The number of aromatic nitrogens is 7. The lowest BCUT2D eigenvalue weighted by atomic mass is 10.1. The van der Waals surface area contributed by atoms with Gasteiger partial charge in [0.15, 0.2) is 11.6 Å². The summed E-state index contributed by atoms with van der Waals surface area (Å²) in [5, 5.41) is 8.51. The molecule has 8 nitrogen and oxygen atoms in total. The highest BCUT2D eigenvalue weighted by Gasteiger charge is 2.17. The number of H-pyrrole nitrogens is 2. The summed E-state index contributed by atoms with van der Waals surface area (Å²) in [5.74, 6) is 0.679. The predicted octanol–water partition coefficient (Wildman–Crippen LogP) is 4.89. The number of nitrogens with zero attached hydrogens (tertiary/aromatic N) is 5. The highest BCUT2D eigenvalue weighted by Crippen LogP contribution is 2.34. The Morgan fingerprint density at radius 1 is 0.969 bits per heavy atom. The number of pyridine rings is 1. The van der Waals surface area contributed by atoms with Crippen LogP contribution in [0.25, 0.3) is 55.3 Å². The van der Waals surface area contributed by atoms with Gasteiger partial charge in [-0.1, -0.05) is 6.07 Å². The Kier molecular flexibility index (Phi) is 4.15. The second kappa shape index (κ2) is 7.17. The summed E-state index contributed by atoms with van der Waals surface area (Å²) in [6.07, 6.45) is 6.79. The van der Waals surface area contributed by atoms with E-state index in [4.69, 9.17) is 4.98 Å². The lowest BCUT2D eigenvalue weighted by Crippen LogP contribution is -1.85. The Labute approximate surface area is 185 Å². The third-order valence-electron chi connectivity index (χ3n) is 5.23. The van der Waals surface area contributed by atoms with E-state index in [2.05, 4.69) is 30.1 Å². The average molecular weight is 437 g/mol. The molecular weight excluding hydrogens is 422 g/mol. The molecule has 0 spiro atoms. The molecule has 0 unspecified atom stereocenters. The molecule has 5 aromatic heterocycles. The van der Waals surface area contributed by atoms with Crippen molar-refractivity contribution in [2.24, 2.45) is 0 Å². The molecule has 5 heterocycles. The minimum absolute atomic E-state index is 0.0399. The van der Waals surface area contributed by atoms with Crippen LogP contribution in [0, 0.1) is 0 Å². The van der Waals surface area contributed by atoms with Crippen molar-refractivity contribution in [2.75, 3.05) is 0 Å². The lowest BCUT2D eigenvalue weighted by molar-refractivity contribution is 0.102. The van der Waals surface area contributed by atoms with Gasteiger partial charge in [-0.05, 0) is 37.3 Å². The Morgan fingerprint density at radius 2 is 1.91 bits per heavy atom. The third-order valence-corrected chi connectivity index (χ3v) is 6.43. The number of Topliss-reactive ketones (excluding diaryl/α,β-unsaturated/α-hetero) is 1. The largest absolute Gasteiger partial charge is 0.336 e. The number of nitrogens with one attached hydrogen (secondary N) is 2. The smallest absolute Gasteiger partial charge is 0.169 e. The fourth-order valence-electron chi connectivity index (χ4n) is 3.68. The van der Waals surface area contributed by atoms with Gasteiger partial charge >= 0.3 is 0 Å². The first-order valence-electron chi connectivity index (χ1n) is 9.88. The van der Waals surface area contributed by atoms with Crippen molar-refractivity contribution in [3.8, 4) is 33.3 Å².